The summed E-state index contributed by atoms with van der Waals surface area (Å²) in [4.78, 5) is 0. The fourth-order valence-corrected chi connectivity index (χ4v) is 1.03. The average molecular weight is 184 g/mol. The largest absolute Gasteiger partial charge is 0.467 e. The number of hydrogen-bond acceptors (Lipinski definition) is 3. The molecule has 0 aliphatic carbocycles. The van der Waals surface area contributed by atoms with Crippen LogP contribution in [0.2, 0.25) is 0 Å². The quantitative estimate of drug-likeness (QED) is 0.680. The first-order valence-electron chi connectivity index (χ1n) is 4.59. The Balaban J connectivity index is 2.45. The summed E-state index contributed by atoms with van der Waals surface area (Å²) < 4.78 is 15.8. The molecule has 0 unspecified atom stereocenters. The molecule has 3 nitrogen and oxygen atoms in total. The van der Waals surface area contributed by atoms with E-state index in [4.69, 9.17) is 13.9 Å². The van der Waals surface area contributed by atoms with Crippen LogP contribution in [-0.4, -0.2) is 13.2 Å². The van der Waals surface area contributed by atoms with E-state index in [0.29, 0.717) is 19.8 Å². The Morgan fingerprint density at radius 3 is 2.54 bits per heavy atom. The predicted molar refractivity (Wildman–Crippen MR) is 49.4 cm³/mol. The topological polar surface area (TPSA) is 31.6 Å². The molecule has 74 valence electrons. The lowest BCUT2D eigenvalue weighted by atomic mass is 10.3. The zero-order valence-corrected chi connectivity index (χ0v) is 8.21. The molecular formula is C10H16O3. The second-order valence-corrected chi connectivity index (χ2v) is 2.64. The minimum atomic E-state index is 0.534. The molecular weight excluding hydrogens is 168 g/mol. The first-order valence-corrected chi connectivity index (χ1v) is 4.59. The molecule has 0 aromatic carbocycles. The number of furan rings is 1. The molecule has 0 saturated carbocycles. The molecule has 13 heavy (non-hydrogen) atoms. The van der Waals surface area contributed by atoms with Gasteiger partial charge in [0.25, 0.3) is 0 Å². The van der Waals surface area contributed by atoms with E-state index < -0.39 is 0 Å². The third kappa shape index (κ3) is 3.20. The Hall–Kier alpha value is -0.800. The van der Waals surface area contributed by atoms with Gasteiger partial charge in [0.05, 0.1) is 12.9 Å². The van der Waals surface area contributed by atoms with Crippen molar-refractivity contribution >= 4 is 0 Å². The van der Waals surface area contributed by atoms with Crippen molar-refractivity contribution in [1.29, 1.82) is 0 Å². The third-order valence-electron chi connectivity index (χ3n) is 1.74. The number of hydrogen-bond donors (Lipinski definition) is 0. The van der Waals surface area contributed by atoms with E-state index in [-0.39, 0.29) is 0 Å². The lowest BCUT2D eigenvalue weighted by Crippen LogP contribution is -1.97. The van der Waals surface area contributed by atoms with Crippen molar-refractivity contribution in [2.45, 2.75) is 27.1 Å². The molecule has 0 fully saturated rings. The SMILES string of the molecule is CCOCc1ccoc1COCC. The highest BCUT2D eigenvalue weighted by Gasteiger charge is 2.05. The molecule has 3 heteroatoms. The van der Waals surface area contributed by atoms with E-state index >= 15 is 0 Å². The first kappa shape index (κ1) is 10.3. The molecule has 0 aliphatic heterocycles. The molecule has 1 aromatic heterocycles. The minimum absolute atomic E-state index is 0.534. The van der Waals surface area contributed by atoms with Gasteiger partial charge in [0.2, 0.25) is 0 Å². The van der Waals surface area contributed by atoms with Gasteiger partial charge in [0, 0.05) is 18.8 Å². The molecule has 0 radical (unpaired) electrons. The summed E-state index contributed by atoms with van der Waals surface area (Å²) >= 11 is 0. The van der Waals surface area contributed by atoms with Crippen molar-refractivity contribution in [2.24, 2.45) is 0 Å². The number of ether oxygens (including phenoxy) is 2. The number of rotatable bonds is 6. The van der Waals surface area contributed by atoms with E-state index in [1.54, 1.807) is 6.26 Å². The molecule has 1 aromatic rings. The Kier molecular flexibility index (Phi) is 4.57. The van der Waals surface area contributed by atoms with E-state index in [2.05, 4.69) is 0 Å². The molecule has 1 rings (SSSR count). The Bertz CT molecular complexity index is 207. The van der Waals surface area contributed by atoms with Crippen LogP contribution in [0.5, 0.6) is 0 Å². The highest BCUT2D eigenvalue weighted by molar-refractivity contribution is 5.15. The standard InChI is InChI=1S/C10H16O3/c1-3-11-7-9-5-6-13-10(9)8-12-4-2/h5-6H,3-4,7-8H2,1-2H3. The van der Waals surface area contributed by atoms with E-state index in [9.17, 15) is 0 Å². The molecule has 0 bridgehead atoms. The average Bonchev–Trinajstić information content (AvgIpc) is 2.59. The van der Waals surface area contributed by atoms with Crippen LogP contribution in [0.25, 0.3) is 0 Å². The summed E-state index contributed by atoms with van der Waals surface area (Å²) in [5.74, 6) is 0.871. The summed E-state index contributed by atoms with van der Waals surface area (Å²) in [6.45, 7) is 6.50. The van der Waals surface area contributed by atoms with Crippen molar-refractivity contribution in [2.75, 3.05) is 13.2 Å². The highest BCUT2D eigenvalue weighted by Crippen LogP contribution is 2.12. The van der Waals surface area contributed by atoms with Gasteiger partial charge in [0.1, 0.15) is 12.4 Å². The fourth-order valence-electron chi connectivity index (χ4n) is 1.03. The van der Waals surface area contributed by atoms with Crippen LogP contribution in [0.15, 0.2) is 16.7 Å². The molecule has 0 amide bonds. The van der Waals surface area contributed by atoms with Crippen molar-refractivity contribution in [3.8, 4) is 0 Å². The second-order valence-electron chi connectivity index (χ2n) is 2.64. The Labute approximate surface area is 78.6 Å². The predicted octanol–water partition coefficient (Wildman–Crippen LogP) is 2.35. The molecule has 0 aliphatic rings. The van der Waals surface area contributed by atoms with Crippen molar-refractivity contribution in [3.63, 3.8) is 0 Å². The lowest BCUT2D eigenvalue weighted by molar-refractivity contribution is 0.107. The summed E-state index contributed by atoms with van der Waals surface area (Å²) in [5.41, 5.74) is 1.08. The lowest BCUT2D eigenvalue weighted by Gasteiger charge is -2.02. The molecule has 0 atom stereocenters. The molecule has 0 spiro atoms. The van der Waals surface area contributed by atoms with Crippen molar-refractivity contribution < 1.29 is 13.9 Å². The minimum Gasteiger partial charge on any atom is -0.467 e. The zero-order valence-electron chi connectivity index (χ0n) is 8.21. The Morgan fingerprint density at radius 2 is 1.85 bits per heavy atom. The molecule has 0 N–H and O–H groups in total. The fraction of sp³-hybridized carbons (Fsp3) is 0.600. The Morgan fingerprint density at radius 1 is 1.15 bits per heavy atom. The van der Waals surface area contributed by atoms with Gasteiger partial charge >= 0.3 is 0 Å². The smallest absolute Gasteiger partial charge is 0.134 e. The monoisotopic (exact) mass is 184 g/mol. The van der Waals surface area contributed by atoms with Gasteiger partial charge in [-0.05, 0) is 19.9 Å². The van der Waals surface area contributed by atoms with Gasteiger partial charge in [-0.2, -0.15) is 0 Å². The van der Waals surface area contributed by atoms with Crippen LogP contribution in [0, 0.1) is 0 Å². The van der Waals surface area contributed by atoms with Crippen LogP contribution in [0.4, 0.5) is 0 Å². The van der Waals surface area contributed by atoms with Gasteiger partial charge in [-0.3, -0.25) is 0 Å². The van der Waals surface area contributed by atoms with Gasteiger partial charge < -0.3 is 13.9 Å². The maximum atomic E-state index is 5.28. The van der Waals surface area contributed by atoms with Crippen LogP contribution in [0.3, 0.4) is 0 Å². The maximum absolute atomic E-state index is 5.28. The van der Waals surface area contributed by atoms with E-state index in [0.717, 1.165) is 17.9 Å². The first-order chi connectivity index (χ1) is 6.38. The van der Waals surface area contributed by atoms with Crippen LogP contribution in [0.1, 0.15) is 25.2 Å². The van der Waals surface area contributed by atoms with Crippen LogP contribution < -0.4 is 0 Å². The summed E-state index contributed by atoms with van der Waals surface area (Å²) in [6.07, 6.45) is 1.67. The third-order valence-corrected chi connectivity index (χ3v) is 1.74. The molecule has 0 saturated heterocycles. The zero-order chi connectivity index (χ0) is 9.52. The van der Waals surface area contributed by atoms with Crippen LogP contribution in [-0.2, 0) is 22.7 Å². The van der Waals surface area contributed by atoms with Crippen molar-refractivity contribution in [3.05, 3.63) is 23.7 Å². The highest BCUT2D eigenvalue weighted by atomic mass is 16.5. The second kappa shape index (κ2) is 5.78. The maximum Gasteiger partial charge on any atom is 0.134 e. The van der Waals surface area contributed by atoms with Gasteiger partial charge in [0.15, 0.2) is 0 Å². The summed E-state index contributed by atoms with van der Waals surface area (Å²) in [5, 5.41) is 0. The van der Waals surface area contributed by atoms with Gasteiger partial charge in [-0.1, -0.05) is 0 Å². The van der Waals surface area contributed by atoms with E-state index in [1.807, 2.05) is 19.9 Å². The normalized spacial score (nSPS) is 10.6. The van der Waals surface area contributed by atoms with Crippen molar-refractivity contribution in [1.82, 2.24) is 0 Å². The van der Waals surface area contributed by atoms with Crippen LogP contribution >= 0.6 is 0 Å². The molecule has 1 heterocycles. The summed E-state index contributed by atoms with van der Waals surface area (Å²) in [7, 11) is 0. The van der Waals surface area contributed by atoms with E-state index in [1.165, 1.54) is 0 Å². The van der Waals surface area contributed by atoms with Gasteiger partial charge in [-0.15, -0.1) is 0 Å². The van der Waals surface area contributed by atoms with Gasteiger partial charge in [-0.25, -0.2) is 0 Å². The summed E-state index contributed by atoms with van der Waals surface area (Å²) in [6, 6.07) is 1.92.